The fraction of sp³-hybridized carbons (Fsp3) is 0.107. The molecular formula is C28H25N3O2S. The van der Waals surface area contributed by atoms with Gasteiger partial charge in [0.2, 0.25) is 5.91 Å². The smallest absolute Gasteiger partial charge is 0.257 e. The number of carbonyl (C=O) groups excluding carboxylic acids is 2. The van der Waals surface area contributed by atoms with E-state index in [1.807, 2.05) is 74.5 Å². The third-order valence-electron chi connectivity index (χ3n) is 5.67. The summed E-state index contributed by atoms with van der Waals surface area (Å²) in [4.78, 5) is 25.6. The largest absolute Gasteiger partial charge is 0.332 e. The van der Waals surface area contributed by atoms with Crippen LogP contribution in [0.1, 0.15) is 27.0 Å². The first-order chi connectivity index (χ1) is 16.4. The van der Waals surface area contributed by atoms with Crippen molar-refractivity contribution in [3.05, 3.63) is 107 Å². The Labute approximate surface area is 204 Å². The minimum absolute atomic E-state index is 0.136. The molecule has 3 N–H and O–H groups in total. The average molecular weight is 468 g/mol. The molecule has 0 fully saturated rings. The van der Waals surface area contributed by atoms with Crippen molar-refractivity contribution in [3.63, 3.8) is 0 Å². The molecule has 0 bridgehead atoms. The van der Waals surface area contributed by atoms with E-state index in [9.17, 15) is 9.59 Å². The molecule has 0 aliphatic heterocycles. The fourth-order valence-electron chi connectivity index (χ4n) is 3.75. The Morgan fingerprint density at radius 2 is 1.53 bits per heavy atom. The molecule has 0 saturated carbocycles. The molecule has 0 aromatic heterocycles. The second kappa shape index (κ2) is 10.3. The summed E-state index contributed by atoms with van der Waals surface area (Å²) in [5, 5.41) is 10.9. The van der Waals surface area contributed by atoms with Crippen molar-refractivity contribution in [3.8, 4) is 0 Å². The van der Waals surface area contributed by atoms with Gasteiger partial charge >= 0.3 is 0 Å². The highest BCUT2D eigenvalue weighted by Gasteiger charge is 2.14. The highest BCUT2D eigenvalue weighted by Crippen LogP contribution is 2.20. The van der Waals surface area contributed by atoms with Crippen molar-refractivity contribution in [1.82, 2.24) is 5.32 Å². The van der Waals surface area contributed by atoms with Gasteiger partial charge in [0.15, 0.2) is 5.11 Å². The first-order valence-electron chi connectivity index (χ1n) is 11.0. The minimum Gasteiger partial charge on any atom is -0.332 e. The van der Waals surface area contributed by atoms with E-state index in [-0.39, 0.29) is 23.3 Å². The van der Waals surface area contributed by atoms with Crippen LogP contribution in [0.2, 0.25) is 0 Å². The van der Waals surface area contributed by atoms with Crippen LogP contribution >= 0.6 is 12.2 Å². The summed E-state index contributed by atoms with van der Waals surface area (Å²) in [6, 6.07) is 26.6. The van der Waals surface area contributed by atoms with Crippen LogP contribution in [-0.4, -0.2) is 16.9 Å². The lowest BCUT2D eigenvalue weighted by Gasteiger charge is -2.14. The number of amides is 2. The van der Waals surface area contributed by atoms with Crippen molar-refractivity contribution in [2.75, 3.05) is 10.6 Å². The van der Waals surface area contributed by atoms with Gasteiger partial charge in [0.25, 0.3) is 5.91 Å². The molecule has 0 radical (unpaired) electrons. The van der Waals surface area contributed by atoms with Gasteiger partial charge in [-0.1, -0.05) is 60.7 Å². The molecule has 6 heteroatoms. The number of rotatable bonds is 5. The summed E-state index contributed by atoms with van der Waals surface area (Å²) in [6.45, 7) is 4.02. The molecule has 0 heterocycles. The van der Waals surface area contributed by atoms with Crippen LogP contribution in [0.25, 0.3) is 10.8 Å². The molecule has 2 amide bonds. The Bertz CT molecular complexity index is 1390. The summed E-state index contributed by atoms with van der Waals surface area (Å²) >= 11 is 5.36. The van der Waals surface area contributed by atoms with Gasteiger partial charge in [-0.05, 0) is 77.8 Å². The van der Waals surface area contributed by atoms with E-state index in [4.69, 9.17) is 12.2 Å². The predicted octanol–water partition coefficient (Wildman–Crippen LogP) is 5.76. The maximum absolute atomic E-state index is 12.9. The standard InChI is InChI=1S/C28H25N3O2S/c1-18-14-15-22(16-19(18)2)29-27(33)24-12-5-6-13-25(24)30-28(34)31-26(32)17-21-10-7-9-20-8-3-4-11-23(20)21/h3-16H,17H2,1-2H3,(H,29,33)(H2,30,31,32,34). The van der Waals surface area contributed by atoms with E-state index >= 15 is 0 Å². The van der Waals surface area contributed by atoms with E-state index in [0.717, 1.165) is 27.5 Å². The van der Waals surface area contributed by atoms with E-state index in [1.165, 1.54) is 0 Å². The monoisotopic (exact) mass is 467 g/mol. The van der Waals surface area contributed by atoms with Gasteiger partial charge in [0, 0.05) is 5.69 Å². The summed E-state index contributed by atoms with van der Waals surface area (Å²) in [5.41, 5.74) is 4.83. The second-order valence-electron chi connectivity index (χ2n) is 8.12. The van der Waals surface area contributed by atoms with Crippen LogP contribution in [0, 0.1) is 13.8 Å². The minimum atomic E-state index is -0.267. The van der Waals surface area contributed by atoms with Gasteiger partial charge in [0.1, 0.15) is 0 Å². The van der Waals surface area contributed by atoms with Crippen molar-refractivity contribution in [2.24, 2.45) is 0 Å². The number of thiocarbonyl (C=S) groups is 1. The zero-order valence-electron chi connectivity index (χ0n) is 19.0. The molecule has 0 atom stereocenters. The molecule has 4 aromatic rings. The number of hydrogen-bond donors (Lipinski definition) is 3. The summed E-state index contributed by atoms with van der Waals surface area (Å²) in [7, 11) is 0. The van der Waals surface area contributed by atoms with Crippen LogP contribution in [0.3, 0.4) is 0 Å². The Morgan fingerprint density at radius 1 is 0.794 bits per heavy atom. The van der Waals surface area contributed by atoms with Crippen LogP contribution in [0.5, 0.6) is 0 Å². The lowest BCUT2D eigenvalue weighted by Crippen LogP contribution is -2.35. The van der Waals surface area contributed by atoms with Crippen LogP contribution in [-0.2, 0) is 11.2 Å². The Morgan fingerprint density at radius 3 is 2.35 bits per heavy atom. The van der Waals surface area contributed by atoms with Crippen molar-refractivity contribution in [2.45, 2.75) is 20.3 Å². The van der Waals surface area contributed by atoms with Crippen LogP contribution < -0.4 is 16.0 Å². The zero-order chi connectivity index (χ0) is 24.1. The third-order valence-corrected chi connectivity index (χ3v) is 5.87. The van der Waals surface area contributed by atoms with Crippen LogP contribution in [0.15, 0.2) is 84.9 Å². The topological polar surface area (TPSA) is 70.2 Å². The Kier molecular flexibility index (Phi) is 6.99. The number of para-hydroxylation sites is 1. The maximum atomic E-state index is 12.9. The first-order valence-corrected chi connectivity index (χ1v) is 11.4. The van der Waals surface area contributed by atoms with Gasteiger partial charge in [-0.15, -0.1) is 0 Å². The SMILES string of the molecule is Cc1ccc(NC(=O)c2ccccc2NC(=S)NC(=O)Cc2cccc3ccccc23)cc1C. The highest BCUT2D eigenvalue weighted by molar-refractivity contribution is 7.80. The number of aryl methyl sites for hydroxylation is 2. The molecule has 0 unspecified atom stereocenters. The average Bonchev–Trinajstić information content (AvgIpc) is 2.82. The molecule has 5 nitrogen and oxygen atoms in total. The molecule has 4 rings (SSSR count). The van der Waals surface area contributed by atoms with Crippen LogP contribution in [0.4, 0.5) is 11.4 Å². The van der Waals surface area contributed by atoms with E-state index < -0.39 is 0 Å². The van der Waals surface area contributed by atoms with Crippen molar-refractivity contribution in [1.29, 1.82) is 0 Å². The van der Waals surface area contributed by atoms with E-state index in [1.54, 1.807) is 24.3 Å². The Hall–Kier alpha value is -4.03. The lowest BCUT2D eigenvalue weighted by atomic mass is 10.0. The summed E-state index contributed by atoms with van der Waals surface area (Å²) in [6.07, 6.45) is 0.193. The van der Waals surface area contributed by atoms with Gasteiger partial charge in [0.05, 0.1) is 17.7 Å². The molecule has 0 aliphatic carbocycles. The number of fused-ring (bicyclic) bond motifs is 1. The van der Waals surface area contributed by atoms with Gasteiger partial charge in [-0.25, -0.2) is 0 Å². The van der Waals surface area contributed by atoms with E-state index in [2.05, 4.69) is 16.0 Å². The molecule has 4 aromatic carbocycles. The molecule has 0 saturated heterocycles. The number of nitrogens with one attached hydrogen (secondary N) is 3. The number of anilines is 2. The first kappa shape index (κ1) is 23.1. The zero-order valence-corrected chi connectivity index (χ0v) is 19.8. The van der Waals surface area contributed by atoms with E-state index in [0.29, 0.717) is 16.9 Å². The second-order valence-corrected chi connectivity index (χ2v) is 8.52. The fourth-order valence-corrected chi connectivity index (χ4v) is 3.98. The summed E-state index contributed by atoms with van der Waals surface area (Å²) < 4.78 is 0. The third kappa shape index (κ3) is 5.47. The number of benzene rings is 4. The quantitative estimate of drug-likeness (QED) is 0.326. The highest BCUT2D eigenvalue weighted by atomic mass is 32.1. The maximum Gasteiger partial charge on any atom is 0.257 e. The lowest BCUT2D eigenvalue weighted by molar-refractivity contribution is -0.119. The molecule has 170 valence electrons. The normalized spacial score (nSPS) is 10.5. The summed E-state index contributed by atoms with van der Waals surface area (Å²) in [5.74, 6) is -0.498. The molecule has 0 spiro atoms. The van der Waals surface area contributed by atoms with Crippen molar-refractivity contribution < 1.29 is 9.59 Å². The Balaban J connectivity index is 1.42. The van der Waals surface area contributed by atoms with Gasteiger partial charge < -0.3 is 16.0 Å². The van der Waals surface area contributed by atoms with Gasteiger partial charge in [-0.2, -0.15) is 0 Å². The molecular weight excluding hydrogens is 442 g/mol. The molecule has 0 aliphatic rings. The molecule has 34 heavy (non-hydrogen) atoms. The predicted molar refractivity (Wildman–Crippen MR) is 142 cm³/mol. The number of hydrogen-bond acceptors (Lipinski definition) is 3. The van der Waals surface area contributed by atoms with Crippen molar-refractivity contribution >= 4 is 51.3 Å². The number of carbonyl (C=O) groups is 2. The van der Waals surface area contributed by atoms with Gasteiger partial charge in [-0.3, -0.25) is 9.59 Å².